The maximum absolute atomic E-state index is 13.8. The summed E-state index contributed by atoms with van der Waals surface area (Å²) >= 11 is 8.43. The second-order valence-corrected chi connectivity index (χ2v) is 23.9. The topological polar surface area (TPSA) is 81.2 Å². The number of anilines is 1. The highest BCUT2D eigenvalue weighted by atomic mass is 35.5. The standard InChI is InChI=1S/C32H44ClN3O5S2Si/c1-30(2,3)43(37,38)36-17-22(16-32(36)19-39-20-32)35-11-12-40-27-14-21(33)13-25(28(27)35)24-9-10-34-26-15-23(42-29(24)26)18-41-44(7,8)31(4,5)6/h9-10,13-15,22H,11-12,16-20H2,1-8H3. The number of hydrogen-bond acceptors (Lipinski definition) is 8. The number of thiophene rings is 1. The van der Waals surface area contributed by atoms with Crippen LogP contribution in [0.15, 0.2) is 30.5 Å². The van der Waals surface area contributed by atoms with E-state index in [1.54, 1.807) is 36.4 Å². The van der Waals surface area contributed by atoms with E-state index in [2.05, 4.69) is 44.8 Å². The Bertz CT molecular complexity index is 1690. The van der Waals surface area contributed by atoms with Crippen molar-refractivity contribution in [1.29, 1.82) is 0 Å². The van der Waals surface area contributed by atoms with Crippen LogP contribution in [0.3, 0.4) is 0 Å². The Kier molecular flexibility index (Phi) is 8.00. The van der Waals surface area contributed by atoms with Gasteiger partial charge in [0.15, 0.2) is 8.32 Å². The van der Waals surface area contributed by atoms with Gasteiger partial charge in [-0.25, -0.2) is 8.42 Å². The highest BCUT2D eigenvalue weighted by molar-refractivity contribution is 7.90. The molecule has 0 amide bonds. The van der Waals surface area contributed by atoms with Gasteiger partial charge in [-0.1, -0.05) is 32.4 Å². The molecule has 1 aromatic carbocycles. The molecule has 0 saturated carbocycles. The molecule has 240 valence electrons. The summed E-state index contributed by atoms with van der Waals surface area (Å²) in [6, 6.07) is 8.02. The first kappa shape index (κ1) is 32.2. The van der Waals surface area contributed by atoms with E-state index in [1.807, 2.05) is 24.4 Å². The number of hydrogen-bond donors (Lipinski definition) is 0. The molecule has 0 N–H and O–H groups in total. The average Bonchev–Trinajstić information content (AvgIpc) is 3.52. The minimum atomic E-state index is -3.56. The predicted octanol–water partition coefficient (Wildman–Crippen LogP) is 7.31. The van der Waals surface area contributed by atoms with E-state index in [0.717, 1.165) is 37.7 Å². The van der Waals surface area contributed by atoms with Crippen LogP contribution in [0, 0.1) is 0 Å². The Morgan fingerprint density at radius 2 is 1.86 bits per heavy atom. The zero-order valence-corrected chi connectivity index (χ0v) is 30.4. The highest BCUT2D eigenvalue weighted by Crippen LogP contribution is 2.50. The third-order valence-corrected chi connectivity index (χ3v) is 18.3. The van der Waals surface area contributed by atoms with Crippen molar-refractivity contribution in [3.8, 4) is 16.9 Å². The molecule has 6 rings (SSSR count). The first-order chi connectivity index (χ1) is 20.4. The Labute approximate surface area is 271 Å². The lowest BCUT2D eigenvalue weighted by Gasteiger charge is -2.46. The van der Waals surface area contributed by atoms with Gasteiger partial charge in [-0.3, -0.25) is 4.98 Å². The predicted molar refractivity (Wildman–Crippen MR) is 182 cm³/mol. The van der Waals surface area contributed by atoms with E-state index in [-0.39, 0.29) is 11.1 Å². The van der Waals surface area contributed by atoms with Crippen molar-refractivity contribution in [2.24, 2.45) is 0 Å². The van der Waals surface area contributed by atoms with Crippen LogP contribution in [0.1, 0.15) is 52.8 Å². The van der Waals surface area contributed by atoms with Crippen molar-refractivity contribution in [3.05, 3.63) is 40.4 Å². The first-order valence-electron chi connectivity index (χ1n) is 15.3. The molecule has 2 fully saturated rings. The molecule has 12 heteroatoms. The largest absolute Gasteiger partial charge is 0.489 e. The molecule has 1 unspecified atom stereocenters. The fourth-order valence-corrected chi connectivity index (χ4v) is 10.2. The van der Waals surface area contributed by atoms with Crippen molar-refractivity contribution in [2.75, 3.05) is 37.8 Å². The molecule has 3 aliphatic heterocycles. The summed E-state index contributed by atoms with van der Waals surface area (Å²) in [6.07, 6.45) is 2.54. The van der Waals surface area contributed by atoms with Crippen molar-refractivity contribution >= 4 is 57.2 Å². The van der Waals surface area contributed by atoms with Crippen LogP contribution in [0.2, 0.25) is 23.2 Å². The number of pyridine rings is 1. The molecule has 0 aliphatic carbocycles. The van der Waals surface area contributed by atoms with Crippen molar-refractivity contribution < 1.29 is 22.3 Å². The van der Waals surface area contributed by atoms with Crippen LogP contribution in [0.5, 0.6) is 5.75 Å². The highest BCUT2D eigenvalue weighted by Gasteiger charge is 2.59. The second-order valence-electron chi connectivity index (χ2n) is 14.9. The van der Waals surface area contributed by atoms with E-state index < -0.39 is 28.6 Å². The van der Waals surface area contributed by atoms with E-state index in [0.29, 0.717) is 51.0 Å². The minimum absolute atomic E-state index is 0.0344. The van der Waals surface area contributed by atoms with Gasteiger partial charge in [0, 0.05) is 45.9 Å². The fourth-order valence-electron chi connectivity index (χ4n) is 6.14. The van der Waals surface area contributed by atoms with E-state index >= 15 is 0 Å². The van der Waals surface area contributed by atoms with E-state index in [9.17, 15) is 8.42 Å². The van der Waals surface area contributed by atoms with Gasteiger partial charge in [-0.05, 0) is 63.5 Å². The number of ether oxygens (including phenoxy) is 2. The molecular weight excluding hydrogens is 634 g/mol. The van der Waals surface area contributed by atoms with Crippen LogP contribution in [-0.2, 0) is 25.8 Å². The van der Waals surface area contributed by atoms with Gasteiger partial charge in [0.2, 0.25) is 10.0 Å². The smallest absolute Gasteiger partial charge is 0.219 e. The molecule has 0 bridgehead atoms. The van der Waals surface area contributed by atoms with Gasteiger partial charge in [-0.15, -0.1) is 11.3 Å². The zero-order chi connectivity index (χ0) is 31.9. The maximum atomic E-state index is 13.8. The molecule has 5 heterocycles. The summed E-state index contributed by atoms with van der Waals surface area (Å²) in [5.41, 5.74) is 3.36. The van der Waals surface area contributed by atoms with Crippen molar-refractivity contribution in [1.82, 2.24) is 9.29 Å². The Balaban J connectivity index is 1.39. The molecule has 2 aromatic heterocycles. The van der Waals surface area contributed by atoms with Gasteiger partial charge in [0.25, 0.3) is 0 Å². The lowest BCUT2D eigenvalue weighted by molar-refractivity contribution is -0.0968. The number of halogens is 1. The summed E-state index contributed by atoms with van der Waals surface area (Å²) < 4.78 is 47.9. The Morgan fingerprint density at radius 3 is 2.50 bits per heavy atom. The monoisotopic (exact) mass is 677 g/mol. The summed E-state index contributed by atoms with van der Waals surface area (Å²) in [7, 11) is -5.47. The SMILES string of the molecule is CC(C)(C)[Si](C)(C)OCc1cc2nccc(-c3cc(Cl)cc4c3N(C3CN(S(=O)(=O)C(C)(C)C)C5(COC5)C3)CCO4)c2s1. The van der Waals surface area contributed by atoms with Crippen molar-refractivity contribution in [2.45, 2.75) is 89.0 Å². The van der Waals surface area contributed by atoms with Crippen LogP contribution in [0.25, 0.3) is 21.3 Å². The normalized spacial score (nSPS) is 21.0. The third-order valence-electron chi connectivity index (χ3n) is 9.82. The Morgan fingerprint density at radius 1 is 1.14 bits per heavy atom. The lowest BCUT2D eigenvalue weighted by atomic mass is 9.92. The molecule has 3 aliphatic rings. The number of sulfonamides is 1. The van der Waals surface area contributed by atoms with Gasteiger partial charge in [-0.2, -0.15) is 4.31 Å². The van der Waals surface area contributed by atoms with Gasteiger partial charge < -0.3 is 18.8 Å². The average molecular weight is 678 g/mol. The number of nitrogens with zero attached hydrogens (tertiary/aromatic N) is 3. The van der Waals surface area contributed by atoms with E-state index in [4.69, 9.17) is 30.5 Å². The number of aromatic nitrogens is 1. The third kappa shape index (κ3) is 5.40. The zero-order valence-electron chi connectivity index (χ0n) is 27.0. The fraction of sp³-hybridized carbons (Fsp3) is 0.594. The Hall–Kier alpha value is -1.73. The number of fused-ring (bicyclic) bond motifs is 2. The van der Waals surface area contributed by atoms with Crippen LogP contribution >= 0.6 is 22.9 Å². The molecule has 8 nitrogen and oxygen atoms in total. The summed E-state index contributed by atoms with van der Waals surface area (Å²) in [5, 5.41) is 0.721. The molecule has 0 radical (unpaired) electrons. The minimum Gasteiger partial charge on any atom is -0.489 e. The molecule has 1 spiro atoms. The molecule has 2 saturated heterocycles. The quantitative estimate of drug-likeness (QED) is 0.253. The number of rotatable bonds is 6. The van der Waals surface area contributed by atoms with E-state index in [1.165, 1.54) is 0 Å². The van der Waals surface area contributed by atoms with Gasteiger partial charge in [0.1, 0.15) is 12.4 Å². The lowest BCUT2D eigenvalue weighted by Crippen LogP contribution is -2.62. The number of benzene rings is 1. The van der Waals surface area contributed by atoms with Crippen LogP contribution < -0.4 is 9.64 Å². The second kappa shape index (κ2) is 10.9. The first-order valence-corrected chi connectivity index (χ1v) is 20.8. The molecule has 1 atom stereocenters. The van der Waals surface area contributed by atoms with Crippen LogP contribution in [0.4, 0.5) is 5.69 Å². The molecule has 3 aromatic rings. The van der Waals surface area contributed by atoms with Gasteiger partial charge in [0.05, 0.1) is 52.6 Å². The molecular formula is C32H44ClN3O5S2Si. The summed E-state index contributed by atoms with van der Waals surface area (Å²) in [5.74, 6) is 0.720. The maximum Gasteiger partial charge on any atom is 0.219 e. The van der Waals surface area contributed by atoms with Crippen molar-refractivity contribution in [3.63, 3.8) is 0 Å². The van der Waals surface area contributed by atoms with Gasteiger partial charge >= 0.3 is 0 Å². The van der Waals surface area contributed by atoms with Crippen LogP contribution in [-0.4, -0.2) is 75.3 Å². The molecule has 44 heavy (non-hydrogen) atoms. The summed E-state index contributed by atoms with van der Waals surface area (Å²) in [4.78, 5) is 8.20. The summed E-state index contributed by atoms with van der Waals surface area (Å²) in [6.45, 7) is 19.6.